The molecule has 0 heterocycles. The normalized spacial score (nSPS) is 11.1. The third kappa shape index (κ3) is 6.19. The summed E-state index contributed by atoms with van der Waals surface area (Å²) in [5.74, 6) is -0.386. The van der Waals surface area contributed by atoms with Crippen LogP contribution >= 0.6 is 0 Å². The van der Waals surface area contributed by atoms with Gasteiger partial charge in [0.25, 0.3) is 15.9 Å². The molecule has 3 rings (SSSR count). The summed E-state index contributed by atoms with van der Waals surface area (Å²) in [6.45, 7) is -0.562. The molecule has 0 radical (unpaired) electrons. The quantitative estimate of drug-likeness (QED) is 0.252. The number of rotatable bonds is 10. The SMILES string of the molecule is COC(=O)c1ccc(/C=N\NC(=O)CN(c2ccccc2OC)S(=O)(=O)c2ccc(OC)cc2)cc1. The molecule has 0 saturated heterocycles. The number of carbonyl (C=O) groups excluding carboxylic acids is 2. The van der Waals surface area contributed by atoms with Crippen molar-refractivity contribution >= 4 is 33.8 Å². The Hall–Kier alpha value is -4.38. The van der Waals surface area contributed by atoms with E-state index in [2.05, 4.69) is 15.3 Å². The molecular formula is C25H25N3O7S. The summed E-state index contributed by atoms with van der Waals surface area (Å²) in [6, 6.07) is 18.6. The molecule has 0 aliphatic heterocycles. The smallest absolute Gasteiger partial charge is 0.337 e. The Morgan fingerprint density at radius 1 is 0.917 bits per heavy atom. The second-order valence-electron chi connectivity index (χ2n) is 7.27. The lowest BCUT2D eigenvalue weighted by atomic mass is 10.1. The van der Waals surface area contributed by atoms with Gasteiger partial charge in [-0.2, -0.15) is 5.10 Å². The van der Waals surface area contributed by atoms with Crippen molar-refractivity contribution in [1.82, 2.24) is 5.43 Å². The number of hydrazone groups is 1. The fourth-order valence-corrected chi connectivity index (χ4v) is 4.61. The summed E-state index contributed by atoms with van der Waals surface area (Å²) in [7, 11) is 0.0147. The van der Waals surface area contributed by atoms with E-state index >= 15 is 0 Å². The van der Waals surface area contributed by atoms with Gasteiger partial charge in [0.1, 0.15) is 18.0 Å². The minimum atomic E-state index is -4.16. The molecule has 0 aliphatic carbocycles. The first-order chi connectivity index (χ1) is 17.3. The van der Waals surface area contributed by atoms with E-state index in [-0.39, 0.29) is 16.3 Å². The molecule has 0 aromatic heterocycles. The van der Waals surface area contributed by atoms with Crippen molar-refractivity contribution in [2.75, 3.05) is 32.2 Å². The largest absolute Gasteiger partial charge is 0.497 e. The van der Waals surface area contributed by atoms with Gasteiger partial charge in [-0.25, -0.2) is 18.6 Å². The van der Waals surface area contributed by atoms with Crippen LogP contribution in [0.3, 0.4) is 0 Å². The van der Waals surface area contributed by atoms with Crippen LogP contribution in [0.5, 0.6) is 11.5 Å². The van der Waals surface area contributed by atoms with Crippen molar-refractivity contribution in [1.29, 1.82) is 0 Å². The maximum Gasteiger partial charge on any atom is 0.337 e. The summed E-state index contributed by atoms with van der Waals surface area (Å²) in [4.78, 5) is 24.2. The number of amides is 1. The maximum absolute atomic E-state index is 13.5. The highest BCUT2D eigenvalue weighted by molar-refractivity contribution is 7.92. The Balaban J connectivity index is 1.83. The van der Waals surface area contributed by atoms with Gasteiger partial charge in [0.15, 0.2) is 0 Å². The number of sulfonamides is 1. The van der Waals surface area contributed by atoms with Crippen molar-refractivity contribution in [2.24, 2.45) is 5.10 Å². The lowest BCUT2D eigenvalue weighted by Crippen LogP contribution is -2.39. The number of carbonyl (C=O) groups is 2. The molecule has 0 bridgehead atoms. The van der Waals surface area contributed by atoms with Crippen LogP contribution in [0.4, 0.5) is 5.69 Å². The van der Waals surface area contributed by atoms with E-state index in [1.807, 2.05) is 0 Å². The molecule has 188 valence electrons. The first kappa shape index (κ1) is 26.2. The third-order valence-corrected chi connectivity index (χ3v) is 6.80. The monoisotopic (exact) mass is 511 g/mol. The van der Waals surface area contributed by atoms with E-state index < -0.39 is 28.4 Å². The van der Waals surface area contributed by atoms with Gasteiger partial charge in [0, 0.05) is 0 Å². The van der Waals surface area contributed by atoms with Crippen molar-refractivity contribution in [2.45, 2.75) is 4.90 Å². The van der Waals surface area contributed by atoms with E-state index in [1.165, 1.54) is 51.8 Å². The predicted molar refractivity (Wildman–Crippen MR) is 134 cm³/mol. The highest BCUT2D eigenvalue weighted by Gasteiger charge is 2.29. The molecule has 1 amide bonds. The Bertz CT molecular complexity index is 1340. The topological polar surface area (TPSA) is 124 Å². The molecule has 11 heteroatoms. The number of methoxy groups -OCH3 is 3. The van der Waals surface area contributed by atoms with Gasteiger partial charge in [0.2, 0.25) is 0 Å². The number of anilines is 1. The first-order valence-corrected chi connectivity index (χ1v) is 12.0. The number of para-hydroxylation sites is 2. The molecule has 0 spiro atoms. The Morgan fingerprint density at radius 2 is 1.58 bits per heavy atom. The van der Waals surface area contributed by atoms with Crippen LogP contribution in [-0.2, 0) is 19.6 Å². The molecule has 0 atom stereocenters. The van der Waals surface area contributed by atoms with Crippen LogP contribution in [-0.4, -0.2) is 54.4 Å². The number of esters is 1. The molecule has 0 unspecified atom stereocenters. The molecule has 3 aromatic carbocycles. The molecule has 0 fully saturated rings. The molecule has 3 aromatic rings. The predicted octanol–water partition coefficient (Wildman–Crippen LogP) is 2.84. The van der Waals surface area contributed by atoms with E-state index in [0.717, 1.165) is 4.31 Å². The van der Waals surface area contributed by atoms with Gasteiger partial charge in [-0.05, 0) is 54.1 Å². The highest BCUT2D eigenvalue weighted by atomic mass is 32.2. The second kappa shape index (κ2) is 11.8. The number of nitrogens with one attached hydrogen (secondary N) is 1. The Morgan fingerprint density at radius 3 is 2.19 bits per heavy atom. The van der Waals surface area contributed by atoms with E-state index in [1.54, 1.807) is 48.5 Å². The van der Waals surface area contributed by atoms with Crippen LogP contribution in [0, 0.1) is 0 Å². The minimum Gasteiger partial charge on any atom is -0.497 e. The van der Waals surface area contributed by atoms with Crippen molar-refractivity contribution in [3.63, 3.8) is 0 Å². The summed E-state index contributed by atoms with van der Waals surface area (Å²) < 4.78 is 43.1. The molecular weight excluding hydrogens is 486 g/mol. The fraction of sp³-hybridized carbons (Fsp3) is 0.160. The van der Waals surface area contributed by atoms with Gasteiger partial charge < -0.3 is 14.2 Å². The zero-order valence-corrected chi connectivity index (χ0v) is 20.7. The van der Waals surface area contributed by atoms with Crippen LogP contribution in [0.2, 0.25) is 0 Å². The summed E-state index contributed by atoms with van der Waals surface area (Å²) in [5, 5.41) is 3.89. The zero-order chi connectivity index (χ0) is 26.1. The summed E-state index contributed by atoms with van der Waals surface area (Å²) in [6.07, 6.45) is 1.37. The Kier molecular flexibility index (Phi) is 8.63. The molecule has 1 N–H and O–H groups in total. The van der Waals surface area contributed by atoms with Crippen LogP contribution < -0.4 is 19.2 Å². The number of ether oxygens (including phenoxy) is 3. The van der Waals surface area contributed by atoms with Gasteiger partial charge in [0.05, 0.1) is 43.7 Å². The Labute approximate surface area is 209 Å². The van der Waals surface area contributed by atoms with Crippen LogP contribution in [0.15, 0.2) is 82.8 Å². The molecule has 36 heavy (non-hydrogen) atoms. The van der Waals surface area contributed by atoms with E-state index in [4.69, 9.17) is 9.47 Å². The number of hydrogen-bond acceptors (Lipinski definition) is 8. The van der Waals surface area contributed by atoms with Crippen molar-refractivity contribution < 1.29 is 32.2 Å². The van der Waals surface area contributed by atoms with Crippen LogP contribution in [0.25, 0.3) is 0 Å². The van der Waals surface area contributed by atoms with Crippen molar-refractivity contribution in [3.05, 3.63) is 83.9 Å². The van der Waals surface area contributed by atoms with Crippen molar-refractivity contribution in [3.8, 4) is 11.5 Å². The van der Waals surface area contributed by atoms with Gasteiger partial charge in [-0.1, -0.05) is 24.3 Å². The average Bonchev–Trinajstić information content (AvgIpc) is 2.91. The van der Waals surface area contributed by atoms with Gasteiger partial charge in [-0.3, -0.25) is 9.10 Å². The number of hydrogen-bond donors (Lipinski definition) is 1. The second-order valence-corrected chi connectivity index (χ2v) is 9.13. The summed E-state index contributed by atoms with van der Waals surface area (Å²) >= 11 is 0. The number of benzene rings is 3. The van der Waals surface area contributed by atoms with Crippen LogP contribution in [0.1, 0.15) is 15.9 Å². The van der Waals surface area contributed by atoms with Gasteiger partial charge >= 0.3 is 5.97 Å². The fourth-order valence-electron chi connectivity index (χ4n) is 3.18. The summed E-state index contributed by atoms with van der Waals surface area (Å²) in [5.41, 5.74) is 3.50. The lowest BCUT2D eigenvalue weighted by molar-refractivity contribution is -0.119. The molecule has 0 aliphatic rings. The van der Waals surface area contributed by atoms with Gasteiger partial charge in [-0.15, -0.1) is 0 Å². The standard InChI is InChI=1S/C25H25N3O7S/c1-33-20-12-14-21(15-13-20)36(31,32)28(22-6-4-5-7-23(22)34-2)17-24(29)27-26-16-18-8-10-19(11-9-18)25(30)35-3/h4-16H,17H2,1-3H3,(H,27,29)/b26-16-. The molecule has 10 nitrogen and oxygen atoms in total. The lowest BCUT2D eigenvalue weighted by Gasteiger charge is -2.25. The maximum atomic E-state index is 13.5. The average molecular weight is 512 g/mol. The highest BCUT2D eigenvalue weighted by Crippen LogP contribution is 2.32. The molecule has 0 saturated carbocycles. The zero-order valence-electron chi connectivity index (χ0n) is 19.9. The first-order valence-electron chi connectivity index (χ1n) is 10.6. The van der Waals surface area contributed by atoms with E-state index in [9.17, 15) is 18.0 Å². The third-order valence-electron chi connectivity index (χ3n) is 5.02. The number of nitrogens with zero attached hydrogens (tertiary/aromatic N) is 2. The minimum absolute atomic E-state index is 0.0313. The van der Waals surface area contributed by atoms with E-state index in [0.29, 0.717) is 16.9 Å².